The van der Waals surface area contributed by atoms with E-state index in [0.717, 1.165) is 24.9 Å². The van der Waals surface area contributed by atoms with E-state index in [2.05, 4.69) is 21.3 Å². The van der Waals surface area contributed by atoms with Crippen LogP contribution in [-0.2, 0) is 18.4 Å². The molecule has 1 fully saturated rings. The topological polar surface area (TPSA) is 67.6 Å². The Morgan fingerprint density at radius 3 is 2.72 bits per heavy atom. The Morgan fingerprint density at radius 1 is 1.20 bits per heavy atom. The minimum atomic E-state index is -0.442. The summed E-state index contributed by atoms with van der Waals surface area (Å²) in [4.78, 5) is 25.3. The zero-order valence-corrected chi connectivity index (χ0v) is 14.5. The van der Waals surface area contributed by atoms with Gasteiger partial charge in [-0.25, -0.2) is 4.79 Å². The van der Waals surface area contributed by atoms with Gasteiger partial charge >= 0.3 is 6.03 Å². The average Bonchev–Trinajstić information content (AvgIpc) is 3.22. The highest BCUT2D eigenvalue weighted by molar-refractivity contribution is 5.94. The van der Waals surface area contributed by atoms with Gasteiger partial charge in [0, 0.05) is 32.6 Å². The lowest BCUT2D eigenvalue weighted by atomic mass is 10.1. The van der Waals surface area contributed by atoms with Crippen molar-refractivity contribution in [3.8, 4) is 0 Å². The van der Waals surface area contributed by atoms with Gasteiger partial charge in [-0.2, -0.15) is 0 Å². The highest BCUT2D eigenvalue weighted by Crippen LogP contribution is 2.18. The predicted molar refractivity (Wildman–Crippen MR) is 94.9 cm³/mol. The molecular formula is C19H25N4O2+. The fourth-order valence-corrected chi connectivity index (χ4v) is 3.52. The molecule has 3 rings (SSSR count). The van der Waals surface area contributed by atoms with Crippen molar-refractivity contribution in [1.82, 2.24) is 15.2 Å². The maximum Gasteiger partial charge on any atom is 0.321 e. The average molecular weight is 341 g/mol. The normalized spacial score (nSPS) is 19.6. The van der Waals surface area contributed by atoms with Crippen LogP contribution >= 0.6 is 0 Å². The van der Waals surface area contributed by atoms with Crippen molar-refractivity contribution in [2.24, 2.45) is 7.05 Å². The molecular weight excluding hydrogens is 316 g/mol. The minimum Gasteiger partial charge on any atom is -0.350 e. The maximum atomic E-state index is 12.2. The summed E-state index contributed by atoms with van der Waals surface area (Å²) in [5, 5.41) is 5.16. The quantitative estimate of drug-likeness (QED) is 0.752. The molecule has 0 bridgehead atoms. The largest absolute Gasteiger partial charge is 0.350 e. The van der Waals surface area contributed by atoms with E-state index in [1.165, 1.54) is 10.6 Å². The van der Waals surface area contributed by atoms with Crippen LogP contribution in [-0.4, -0.2) is 29.6 Å². The second kappa shape index (κ2) is 7.98. The molecule has 3 amide bonds. The number of carbonyl (C=O) groups excluding carboxylic acids is 2. The molecule has 1 aliphatic heterocycles. The van der Waals surface area contributed by atoms with E-state index in [1.54, 1.807) is 0 Å². The first-order valence-corrected chi connectivity index (χ1v) is 8.71. The first kappa shape index (κ1) is 17.2. The number of imide groups is 1. The predicted octanol–water partition coefficient (Wildman–Crippen LogP) is 0.771. The number of aromatic nitrogens is 1. The molecule has 2 heterocycles. The Balaban J connectivity index is 1.48. The summed E-state index contributed by atoms with van der Waals surface area (Å²) in [6.45, 7) is 1.67. The standard InChI is InChI=1S/C19H24N4O2/c1-22-11-5-9-16(22)17-10-6-12-23(17)14-18(24)21-19(25)20-13-15-7-3-2-4-8-15/h2-5,7-9,11,17H,6,10,12-14H2,1H3,(H2,20,21,24,25)/p+1/t17-/m1/s1. The second-order valence-corrected chi connectivity index (χ2v) is 6.54. The molecule has 0 saturated carbocycles. The van der Waals surface area contributed by atoms with Crippen molar-refractivity contribution in [2.75, 3.05) is 13.1 Å². The van der Waals surface area contributed by atoms with E-state index in [4.69, 9.17) is 0 Å². The van der Waals surface area contributed by atoms with Crippen LogP contribution in [0.5, 0.6) is 0 Å². The molecule has 1 unspecified atom stereocenters. The van der Waals surface area contributed by atoms with Crippen molar-refractivity contribution in [2.45, 2.75) is 25.4 Å². The lowest BCUT2D eigenvalue weighted by molar-refractivity contribution is -0.911. The number of quaternary nitrogens is 1. The smallest absolute Gasteiger partial charge is 0.321 e. The van der Waals surface area contributed by atoms with Crippen molar-refractivity contribution in [1.29, 1.82) is 0 Å². The number of urea groups is 1. The number of rotatable bonds is 5. The number of aryl methyl sites for hydroxylation is 1. The molecule has 6 nitrogen and oxygen atoms in total. The lowest BCUT2D eigenvalue weighted by Crippen LogP contribution is -3.11. The summed E-state index contributed by atoms with van der Waals surface area (Å²) in [7, 11) is 2.03. The molecule has 2 aromatic rings. The van der Waals surface area contributed by atoms with Gasteiger partial charge in [-0.15, -0.1) is 0 Å². The van der Waals surface area contributed by atoms with Crippen LogP contribution in [0.1, 0.15) is 30.1 Å². The van der Waals surface area contributed by atoms with Gasteiger partial charge in [0.2, 0.25) is 0 Å². The van der Waals surface area contributed by atoms with Crippen LogP contribution in [0.25, 0.3) is 0 Å². The maximum absolute atomic E-state index is 12.2. The molecule has 1 aromatic carbocycles. The third kappa shape index (κ3) is 4.48. The Morgan fingerprint density at radius 2 is 2.00 bits per heavy atom. The van der Waals surface area contributed by atoms with Crippen molar-refractivity contribution < 1.29 is 14.5 Å². The highest BCUT2D eigenvalue weighted by Gasteiger charge is 2.33. The summed E-state index contributed by atoms with van der Waals surface area (Å²) in [6, 6.07) is 13.6. The fraction of sp³-hybridized carbons (Fsp3) is 0.368. The van der Waals surface area contributed by atoms with Gasteiger partial charge in [0.1, 0.15) is 6.04 Å². The first-order valence-electron chi connectivity index (χ1n) is 8.71. The molecule has 2 atom stereocenters. The molecule has 0 spiro atoms. The summed E-state index contributed by atoms with van der Waals surface area (Å²) in [5.74, 6) is -0.235. The molecule has 1 saturated heterocycles. The van der Waals surface area contributed by atoms with Crippen molar-refractivity contribution >= 4 is 11.9 Å². The third-order valence-corrected chi connectivity index (χ3v) is 4.76. The lowest BCUT2D eigenvalue weighted by Gasteiger charge is -2.21. The van der Waals surface area contributed by atoms with Gasteiger partial charge in [-0.3, -0.25) is 10.1 Å². The van der Waals surface area contributed by atoms with Gasteiger partial charge < -0.3 is 14.8 Å². The van der Waals surface area contributed by atoms with E-state index in [1.807, 2.05) is 49.6 Å². The molecule has 0 aliphatic carbocycles. The molecule has 25 heavy (non-hydrogen) atoms. The Hall–Kier alpha value is -2.60. The Labute approximate surface area is 147 Å². The number of hydrogen-bond donors (Lipinski definition) is 3. The molecule has 1 aliphatic rings. The second-order valence-electron chi connectivity index (χ2n) is 6.54. The SMILES string of the molecule is Cn1cccc1[C@H]1CCC[NH+]1CC(=O)NC(=O)NCc1ccccc1. The summed E-state index contributed by atoms with van der Waals surface area (Å²) in [6.07, 6.45) is 4.20. The summed E-state index contributed by atoms with van der Waals surface area (Å²) >= 11 is 0. The van der Waals surface area contributed by atoms with Gasteiger partial charge in [0.25, 0.3) is 5.91 Å². The van der Waals surface area contributed by atoms with Crippen LogP contribution in [0.3, 0.4) is 0 Å². The van der Waals surface area contributed by atoms with Gasteiger partial charge in [0.05, 0.1) is 12.2 Å². The van der Waals surface area contributed by atoms with E-state index >= 15 is 0 Å². The van der Waals surface area contributed by atoms with E-state index in [-0.39, 0.29) is 5.91 Å². The number of likely N-dealkylation sites (tertiary alicyclic amines) is 1. The number of carbonyl (C=O) groups is 2. The third-order valence-electron chi connectivity index (χ3n) is 4.76. The molecule has 1 aromatic heterocycles. The van der Waals surface area contributed by atoms with Crippen LogP contribution in [0.4, 0.5) is 4.79 Å². The van der Waals surface area contributed by atoms with Crippen LogP contribution in [0.15, 0.2) is 48.7 Å². The molecule has 132 valence electrons. The number of amides is 3. The number of nitrogens with zero attached hydrogens (tertiary/aromatic N) is 1. The van der Waals surface area contributed by atoms with Gasteiger partial charge in [-0.05, 0) is 17.7 Å². The van der Waals surface area contributed by atoms with Crippen LogP contribution < -0.4 is 15.5 Å². The zero-order chi connectivity index (χ0) is 17.6. The molecule has 3 N–H and O–H groups in total. The van der Waals surface area contributed by atoms with Crippen molar-refractivity contribution in [3.05, 3.63) is 59.9 Å². The number of benzene rings is 1. The first-order chi connectivity index (χ1) is 12.1. The van der Waals surface area contributed by atoms with Gasteiger partial charge in [-0.1, -0.05) is 30.3 Å². The molecule has 6 heteroatoms. The monoisotopic (exact) mass is 341 g/mol. The number of hydrogen-bond acceptors (Lipinski definition) is 2. The zero-order valence-electron chi connectivity index (χ0n) is 14.5. The number of nitrogens with one attached hydrogen (secondary N) is 3. The van der Waals surface area contributed by atoms with Crippen LogP contribution in [0.2, 0.25) is 0 Å². The van der Waals surface area contributed by atoms with Gasteiger partial charge in [0.15, 0.2) is 6.54 Å². The van der Waals surface area contributed by atoms with E-state index < -0.39 is 6.03 Å². The van der Waals surface area contributed by atoms with E-state index in [9.17, 15) is 9.59 Å². The molecule has 0 radical (unpaired) electrons. The Kier molecular flexibility index (Phi) is 5.50. The van der Waals surface area contributed by atoms with E-state index in [0.29, 0.717) is 19.1 Å². The van der Waals surface area contributed by atoms with Crippen LogP contribution in [0, 0.1) is 0 Å². The fourth-order valence-electron chi connectivity index (χ4n) is 3.52. The van der Waals surface area contributed by atoms with Crippen molar-refractivity contribution in [3.63, 3.8) is 0 Å². The summed E-state index contributed by atoms with van der Waals surface area (Å²) in [5.41, 5.74) is 2.24. The minimum absolute atomic E-state index is 0.235. The Bertz CT molecular complexity index is 726. The highest BCUT2D eigenvalue weighted by atomic mass is 16.2. The summed E-state index contributed by atoms with van der Waals surface area (Å²) < 4.78 is 2.11.